The predicted molar refractivity (Wildman–Crippen MR) is 67.1 cm³/mol. The van der Waals surface area contributed by atoms with Crippen LogP contribution in [0.1, 0.15) is 38.7 Å². The highest BCUT2D eigenvalue weighted by molar-refractivity contribution is 6.00. The Bertz CT molecular complexity index is 388. The van der Waals surface area contributed by atoms with E-state index >= 15 is 0 Å². The van der Waals surface area contributed by atoms with Crippen LogP contribution in [-0.2, 0) is 0 Å². The average Bonchev–Trinajstić information content (AvgIpc) is 2.34. The van der Waals surface area contributed by atoms with Gasteiger partial charge in [0, 0.05) is 11.6 Å². The molecule has 0 saturated carbocycles. The van der Waals surface area contributed by atoms with Crippen LogP contribution >= 0.6 is 0 Å². The molecule has 0 bridgehead atoms. The minimum atomic E-state index is 0.0632. The molecule has 1 rings (SSSR count). The number of hydrogen-bond donors (Lipinski definition) is 2. The molecule has 0 amide bonds. The summed E-state index contributed by atoms with van der Waals surface area (Å²) in [6, 6.07) is 4.98. The second-order valence-electron chi connectivity index (χ2n) is 3.92. The van der Waals surface area contributed by atoms with Crippen LogP contribution in [0.3, 0.4) is 0 Å². The van der Waals surface area contributed by atoms with E-state index in [2.05, 4.69) is 12.1 Å². The van der Waals surface area contributed by atoms with E-state index in [1.165, 1.54) is 6.07 Å². The van der Waals surface area contributed by atoms with Crippen molar-refractivity contribution >= 4 is 5.71 Å². The van der Waals surface area contributed by atoms with Gasteiger partial charge in [0.1, 0.15) is 11.5 Å². The quantitative estimate of drug-likeness (QED) is 0.346. The van der Waals surface area contributed by atoms with E-state index in [1.807, 2.05) is 0 Å². The lowest BCUT2D eigenvalue weighted by atomic mass is 10.1. The van der Waals surface area contributed by atoms with Gasteiger partial charge in [-0.15, -0.1) is 0 Å². The van der Waals surface area contributed by atoms with Gasteiger partial charge < -0.3 is 15.1 Å². The Morgan fingerprint density at radius 2 is 2.12 bits per heavy atom. The van der Waals surface area contributed by atoms with E-state index in [0.29, 0.717) is 23.6 Å². The molecular weight excluding hydrogens is 218 g/mol. The number of aromatic hydroxyl groups is 1. The molecule has 2 N–H and O–H groups in total. The first-order chi connectivity index (χ1) is 8.19. The Hall–Kier alpha value is -1.71. The molecule has 17 heavy (non-hydrogen) atoms. The molecular formula is C13H19NO3. The molecule has 0 aliphatic carbocycles. The zero-order valence-corrected chi connectivity index (χ0v) is 10.3. The van der Waals surface area contributed by atoms with Crippen molar-refractivity contribution in [2.24, 2.45) is 5.16 Å². The lowest BCUT2D eigenvalue weighted by Crippen LogP contribution is -1.99. The maximum Gasteiger partial charge on any atom is 0.128 e. The monoisotopic (exact) mass is 237 g/mol. The lowest BCUT2D eigenvalue weighted by Gasteiger charge is -2.08. The third-order valence-electron chi connectivity index (χ3n) is 2.53. The van der Waals surface area contributed by atoms with E-state index in [0.717, 1.165) is 19.3 Å². The maximum atomic E-state index is 9.72. The molecule has 0 fully saturated rings. The van der Waals surface area contributed by atoms with Gasteiger partial charge in [0.05, 0.1) is 12.3 Å². The first-order valence-electron chi connectivity index (χ1n) is 5.84. The highest BCUT2D eigenvalue weighted by Crippen LogP contribution is 2.24. The summed E-state index contributed by atoms with van der Waals surface area (Å²) in [7, 11) is 0. The van der Waals surface area contributed by atoms with Gasteiger partial charge in [0.15, 0.2) is 0 Å². The zero-order chi connectivity index (χ0) is 12.7. The van der Waals surface area contributed by atoms with Crippen molar-refractivity contribution in [2.45, 2.75) is 33.1 Å². The van der Waals surface area contributed by atoms with Gasteiger partial charge in [-0.2, -0.15) is 0 Å². The van der Waals surface area contributed by atoms with Crippen LogP contribution in [-0.4, -0.2) is 22.6 Å². The molecule has 0 saturated heterocycles. The minimum absolute atomic E-state index is 0.0632. The van der Waals surface area contributed by atoms with Gasteiger partial charge in [-0.25, -0.2) is 0 Å². The summed E-state index contributed by atoms with van der Waals surface area (Å²) in [5, 5.41) is 21.4. The Kier molecular flexibility index (Phi) is 5.33. The van der Waals surface area contributed by atoms with Gasteiger partial charge >= 0.3 is 0 Å². The Balaban J connectivity index is 2.63. The van der Waals surface area contributed by atoms with Crippen LogP contribution in [0.4, 0.5) is 0 Å². The molecule has 0 aliphatic heterocycles. The van der Waals surface area contributed by atoms with Gasteiger partial charge in [-0.1, -0.05) is 24.9 Å². The zero-order valence-electron chi connectivity index (χ0n) is 10.3. The number of unbranched alkanes of at least 4 members (excludes halogenated alkanes) is 2. The van der Waals surface area contributed by atoms with Crippen molar-refractivity contribution in [1.82, 2.24) is 0 Å². The molecule has 0 spiro atoms. The van der Waals surface area contributed by atoms with Crippen LogP contribution in [0.15, 0.2) is 23.4 Å². The molecule has 0 radical (unpaired) electrons. The van der Waals surface area contributed by atoms with Crippen molar-refractivity contribution in [1.29, 1.82) is 0 Å². The van der Waals surface area contributed by atoms with Crippen LogP contribution in [0.25, 0.3) is 0 Å². The summed E-state index contributed by atoms with van der Waals surface area (Å²) < 4.78 is 5.49. The molecule has 4 heteroatoms. The molecule has 0 unspecified atom stereocenters. The summed E-state index contributed by atoms with van der Waals surface area (Å²) >= 11 is 0. The van der Waals surface area contributed by atoms with Gasteiger partial charge in [0.25, 0.3) is 0 Å². The normalized spacial score (nSPS) is 11.5. The molecule has 1 aromatic carbocycles. The molecule has 0 aromatic heterocycles. The van der Waals surface area contributed by atoms with E-state index in [4.69, 9.17) is 9.94 Å². The van der Waals surface area contributed by atoms with Crippen molar-refractivity contribution in [3.63, 3.8) is 0 Å². The first kappa shape index (κ1) is 13.4. The summed E-state index contributed by atoms with van der Waals surface area (Å²) in [5.41, 5.74) is 0.883. The maximum absolute atomic E-state index is 9.72. The van der Waals surface area contributed by atoms with Crippen molar-refractivity contribution in [3.05, 3.63) is 23.8 Å². The second-order valence-corrected chi connectivity index (χ2v) is 3.92. The SMILES string of the molecule is CCCCCOc1ccc(/C(C)=N\O)c(O)c1. The van der Waals surface area contributed by atoms with E-state index < -0.39 is 0 Å². The van der Waals surface area contributed by atoms with E-state index in [-0.39, 0.29) is 5.75 Å². The average molecular weight is 237 g/mol. The highest BCUT2D eigenvalue weighted by atomic mass is 16.5. The summed E-state index contributed by atoms with van der Waals surface area (Å²) in [4.78, 5) is 0. The van der Waals surface area contributed by atoms with Gasteiger partial charge in [-0.3, -0.25) is 0 Å². The van der Waals surface area contributed by atoms with Crippen molar-refractivity contribution < 1.29 is 15.1 Å². The second kappa shape index (κ2) is 6.78. The largest absolute Gasteiger partial charge is 0.507 e. The Labute approximate surface area is 102 Å². The fourth-order valence-corrected chi connectivity index (χ4v) is 1.50. The molecule has 0 atom stereocenters. The molecule has 4 nitrogen and oxygen atoms in total. The molecule has 1 aromatic rings. The highest BCUT2D eigenvalue weighted by Gasteiger charge is 2.06. The number of ether oxygens (including phenoxy) is 1. The minimum Gasteiger partial charge on any atom is -0.507 e. The van der Waals surface area contributed by atoms with Crippen molar-refractivity contribution in [2.75, 3.05) is 6.61 Å². The van der Waals surface area contributed by atoms with Crippen LogP contribution in [0.2, 0.25) is 0 Å². The molecule has 0 aliphatic rings. The van der Waals surface area contributed by atoms with E-state index in [9.17, 15) is 5.11 Å². The molecule has 94 valence electrons. The van der Waals surface area contributed by atoms with Gasteiger partial charge in [-0.05, 0) is 25.5 Å². The Morgan fingerprint density at radius 3 is 2.71 bits per heavy atom. The molecule has 0 heterocycles. The third-order valence-corrected chi connectivity index (χ3v) is 2.53. The van der Waals surface area contributed by atoms with Crippen molar-refractivity contribution in [3.8, 4) is 11.5 Å². The fourth-order valence-electron chi connectivity index (χ4n) is 1.50. The van der Waals surface area contributed by atoms with Crippen LogP contribution in [0, 0.1) is 0 Å². The van der Waals surface area contributed by atoms with Crippen LogP contribution in [0.5, 0.6) is 11.5 Å². The summed E-state index contributed by atoms with van der Waals surface area (Å²) in [6.07, 6.45) is 3.30. The number of phenolic OH excluding ortho intramolecular Hbond substituents is 1. The van der Waals surface area contributed by atoms with E-state index in [1.54, 1.807) is 19.1 Å². The lowest BCUT2D eigenvalue weighted by molar-refractivity contribution is 0.304. The number of phenols is 1. The fraction of sp³-hybridized carbons (Fsp3) is 0.462. The smallest absolute Gasteiger partial charge is 0.128 e. The summed E-state index contributed by atoms with van der Waals surface area (Å²) in [5.74, 6) is 0.696. The standard InChI is InChI=1S/C13H19NO3/c1-3-4-5-8-17-11-6-7-12(10(2)14-16)13(15)9-11/h6-7,9,15-16H,3-5,8H2,1-2H3/b14-10-. The first-order valence-corrected chi connectivity index (χ1v) is 5.84. The number of rotatable bonds is 6. The topological polar surface area (TPSA) is 62.0 Å². The number of hydrogen-bond acceptors (Lipinski definition) is 4. The Morgan fingerprint density at radius 1 is 1.35 bits per heavy atom. The van der Waals surface area contributed by atoms with Crippen LogP contribution < -0.4 is 4.74 Å². The third kappa shape index (κ3) is 3.98. The number of benzene rings is 1. The summed E-state index contributed by atoms with van der Waals surface area (Å²) in [6.45, 7) is 4.41. The number of oxime groups is 1. The number of nitrogens with zero attached hydrogens (tertiary/aromatic N) is 1. The van der Waals surface area contributed by atoms with Gasteiger partial charge in [0.2, 0.25) is 0 Å². The predicted octanol–water partition coefficient (Wildman–Crippen LogP) is 3.16.